The lowest BCUT2D eigenvalue weighted by Crippen LogP contribution is -2.11. The highest BCUT2D eigenvalue weighted by molar-refractivity contribution is 7.17. The van der Waals surface area contributed by atoms with Gasteiger partial charge in [0.05, 0.1) is 16.8 Å². The second-order valence-electron chi connectivity index (χ2n) is 9.06. The molecule has 0 aliphatic heterocycles. The normalized spacial score (nSPS) is 12.2. The molecule has 0 unspecified atom stereocenters. The Morgan fingerprint density at radius 1 is 1.22 bits per heavy atom. The smallest absolute Gasteiger partial charge is 0.349 e. The second-order valence-corrected chi connectivity index (χ2v) is 10.5. The van der Waals surface area contributed by atoms with E-state index >= 15 is 0 Å². The number of carboxylic acids is 1. The van der Waals surface area contributed by atoms with E-state index in [2.05, 4.69) is 9.88 Å². The molecule has 0 radical (unpaired) electrons. The maximum Gasteiger partial charge on any atom is 0.349 e. The third-order valence-electron chi connectivity index (χ3n) is 5.82. The Balaban J connectivity index is 1.68. The summed E-state index contributed by atoms with van der Waals surface area (Å²) in [5.74, 6) is -1.13. The van der Waals surface area contributed by atoms with Crippen LogP contribution >= 0.6 is 22.9 Å². The van der Waals surface area contributed by atoms with Crippen molar-refractivity contribution in [1.29, 1.82) is 0 Å². The van der Waals surface area contributed by atoms with Crippen molar-refractivity contribution >= 4 is 40.5 Å². The molecule has 37 heavy (non-hydrogen) atoms. The molecule has 0 saturated heterocycles. The highest BCUT2D eigenvalue weighted by atomic mass is 35.5. The number of carbonyl (C=O) groups is 2. The molecule has 0 spiro atoms. The number of nitrogens with zero attached hydrogens (tertiary/aromatic N) is 3. The van der Waals surface area contributed by atoms with Crippen LogP contribution in [0.15, 0.2) is 42.7 Å². The first-order valence-electron chi connectivity index (χ1n) is 11.6. The minimum atomic E-state index is -1.06. The zero-order valence-corrected chi connectivity index (χ0v) is 22.8. The third-order valence-corrected chi connectivity index (χ3v) is 7.43. The molecule has 0 fully saturated rings. The molecule has 8 nitrogen and oxygen atoms in total. The van der Waals surface area contributed by atoms with Crippen molar-refractivity contribution in [3.8, 4) is 16.3 Å². The lowest BCUT2D eigenvalue weighted by atomic mass is 10.1. The van der Waals surface area contributed by atoms with Gasteiger partial charge in [-0.2, -0.15) is 0 Å². The Bertz CT molecular complexity index is 1480. The zero-order valence-electron chi connectivity index (χ0n) is 21.2. The maximum absolute atomic E-state index is 12.2. The van der Waals surface area contributed by atoms with Crippen molar-refractivity contribution in [2.24, 2.45) is 0 Å². The van der Waals surface area contributed by atoms with Gasteiger partial charge in [-0.1, -0.05) is 29.8 Å². The van der Waals surface area contributed by atoms with E-state index in [1.807, 2.05) is 50.7 Å². The van der Waals surface area contributed by atoms with E-state index in [0.29, 0.717) is 16.3 Å². The average molecular weight is 542 g/mol. The predicted molar refractivity (Wildman–Crippen MR) is 144 cm³/mol. The van der Waals surface area contributed by atoms with Crippen LogP contribution in [0.25, 0.3) is 16.2 Å². The molecule has 1 atom stereocenters. The fourth-order valence-corrected chi connectivity index (χ4v) is 5.54. The molecule has 0 aliphatic carbocycles. The van der Waals surface area contributed by atoms with Crippen LogP contribution in [0.2, 0.25) is 5.02 Å². The summed E-state index contributed by atoms with van der Waals surface area (Å²) in [6, 6.07) is 9.31. The van der Waals surface area contributed by atoms with Crippen LogP contribution in [-0.4, -0.2) is 45.4 Å². The first-order chi connectivity index (χ1) is 17.5. The number of aromatic nitrogens is 2. The minimum absolute atomic E-state index is 0.112. The van der Waals surface area contributed by atoms with E-state index in [1.54, 1.807) is 24.4 Å². The maximum atomic E-state index is 12.2. The van der Waals surface area contributed by atoms with Gasteiger partial charge in [0.15, 0.2) is 4.88 Å². The number of rotatable bonds is 9. The average Bonchev–Trinajstić information content (AvgIpc) is 3.38. The van der Waals surface area contributed by atoms with Crippen molar-refractivity contribution in [3.05, 3.63) is 74.9 Å². The van der Waals surface area contributed by atoms with Gasteiger partial charge in [0.25, 0.3) is 0 Å². The summed E-state index contributed by atoms with van der Waals surface area (Å²) in [6.45, 7) is 5.91. The van der Waals surface area contributed by atoms with Crippen LogP contribution in [0.4, 0.5) is 0 Å². The minimum Gasteiger partial charge on any atom is -0.484 e. The Morgan fingerprint density at radius 3 is 2.59 bits per heavy atom. The van der Waals surface area contributed by atoms with Gasteiger partial charge >= 0.3 is 11.9 Å². The molecule has 194 valence electrons. The van der Waals surface area contributed by atoms with Crippen LogP contribution < -0.4 is 4.74 Å². The molecular formula is C27H28ClN3O5S. The number of hydrogen-bond donors (Lipinski definition) is 1. The van der Waals surface area contributed by atoms with E-state index in [-0.39, 0.29) is 17.5 Å². The summed E-state index contributed by atoms with van der Waals surface area (Å²) >= 11 is 7.66. The lowest BCUT2D eigenvalue weighted by molar-refractivity contribution is -0.142. The van der Waals surface area contributed by atoms with E-state index < -0.39 is 12.1 Å². The molecule has 10 heteroatoms. The van der Waals surface area contributed by atoms with Crippen molar-refractivity contribution < 1.29 is 24.2 Å². The fourth-order valence-electron chi connectivity index (χ4n) is 4.09. The number of pyridine rings is 1. The highest BCUT2D eigenvalue weighted by Gasteiger charge is 2.26. The number of carbonyl (C=O) groups excluding carboxylic acids is 1. The van der Waals surface area contributed by atoms with Crippen LogP contribution in [0.5, 0.6) is 5.75 Å². The number of hydrogen-bond acceptors (Lipinski definition) is 7. The van der Waals surface area contributed by atoms with Gasteiger partial charge in [0.1, 0.15) is 24.1 Å². The summed E-state index contributed by atoms with van der Waals surface area (Å²) < 4.78 is 13.2. The first kappa shape index (κ1) is 26.7. The number of benzene rings is 1. The number of aromatic carboxylic acids is 1. The van der Waals surface area contributed by atoms with Gasteiger partial charge in [-0.15, -0.1) is 11.3 Å². The molecule has 1 aromatic carbocycles. The van der Waals surface area contributed by atoms with E-state index in [4.69, 9.17) is 21.1 Å². The van der Waals surface area contributed by atoms with Gasteiger partial charge < -0.3 is 19.5 Å². The summed E-state index contributed by atoms with van der Waals surface area (Å²) in [6.07, 6.45) is 3.26. The molecule has 4 aromatic rings. The fraction of sp³-hybridized carbons (Fsp3) is 0.296. The molecular weight excluding hydrogens is 514 g/mol. The molecule has 1 N–H and O–H groups in total. The van der Waals surface area contributed by atoms with Crippen LogP contribution in [-0.2, 0) is 22.7 Å². The van der Waals surface area contributed by atoms with Crippen molar-refractivity contribution in [2.45, 2.75) is 40.0 Å². The molecule has 0 bridgehead atoms. The first-order valence-corrected chi connectivity index (χ1v) is 12.8. The monoisotopic (exact) mass is 541 g/mol. The summed E-state index contributed by atoms with van der Waals surface area (Å²) in [7, 11) is 4.01. The molecule has 3 aromatic heterocycles. The molecule has 0 aliphatic rings. The number of fused-ring (bicyclic) bond motifs is 1. The standard InChI is InChI=1S/C27H28ClN3O5S/c1-15-24(36-16(2)20-8-6-18(10-21(20)28)14-35-17(3)32)26(27(33)34)37-25(15)22-11-29-23-9-7-19(12-30(4)5)13-31(22)23/h6-11,13,16H,12,14H2,1-5H3,(H,33,34)/t16-/m1/s1. The van der Waals surface area contributed by atoms with E-state index in [9.17, 15) is 14.7 Å². The molecule has 4 rings (SSSR count). The quantitative estimate of drug-likeness (QED) is 0.260. The zero-order chi connectivity index (χ0) is 26.9. The van der Waals surface area contributed by atoms with Gasteiger partial charge in [0.2, 0.25) is 0 Å². The Labute approximate surface area is 224 Å². The van der Waals surface area contributed by atoms with Crippen LogP contribution in [0.1, 0.15) is 51.9 Å². The number of carboxylic acid groups (broad SMARTS) is 1. The summed E-state index contributed by atoms with van der Waals surface area (Å²) in [4.78, 5) is 30.8. The van der Waals surface area contributed by atoms with Gasteiger partial charge in [-0.05, 0) is 51.2 Å². The van der Waals surface area contributed by atoms with Gasteiger partial charge in [-0.25, -0.2) is 9.78 Å². The largest absolute Gasteiger partial charge is 0.484 e. The van der Waals surface area contributed by atoms with E-state index in [1.165, 1.54) is 6.92 Å². The van der Waals surface area contributed by atoms with Gasteiger partial charge in [-0.3, -0.25) is 9.20 Å². The SMILES string of the molecule is CC(=O)OCc1ccc([C@@H](C)Oc2c(C(=O)O)sc(-c3cnc4ccc(CN(C)C)cn34)c2C)c(Cl)c1. The number of esters is 1. The van der Waals surface area contributed by atoms with E-state index in [0.717, 1.165) is 50.8 Å². The number of halogens is 1. The number of imidazole rings is 1. The molecule has 3 heterocycles. The van der Waals surface area contributed by atoms with Crippen molar-refractivity contribution in [1.82, 2.24) is 14.3 Å². The Kier molecular flexibility index (Phi) is 7.87. The number of ether oxygens (including phenoxy) is 2. The number of thiophene rings is 1. The second kappa shape index (κ2) is 10.9. The molecule has 0 saturated carbocycles. The van der Waals surface area contributed by atoms with Crippen LogP contribution in [0, 0.1) is 6.92 Å². The van der Waals surface area contributed by atoms with Crippen LogP contribution in [0.3, 0.4) is 0 Å². The summed E-state index contributed by atoms with van der Waals surface area (Å²) in [5, 5.41) is 10.4. The van der Waals surface area contributed by atoms with Crippen molar-refractivity contribution in [3.63, 3.8) is 0 Å². The molecule has 0 amide bonds. The third kappa shape index (κ3) is 5.79. The highest BCUT2D eigenvalue weighted by Crippen LogP contribution is 2.43. The van der Waals surface area contributed by atoms with Crippen molar-refractivity contribution in [2.75, 3.05) is 14.1 Å². The topological polar surface area (TPSA) is 93.4 Å². The predicted octanol–water partition coefficient (Wildman–Crippen LogP) is 5.99. The Hall–Kier alpha value is -3.40. The van der Waals surface area contributed by atoms with Gasteiger partial charge in [0, 0.05) is 35.8 Å². The summed E-state index contributed by atoms with van der Waals surface area (Å²) in [5.41, 5.74) is 4.85. The lowest BCUT2D eigenvalue weighted by Gasteiger charge is -2.18. The Morgan fingerprint density at radius 2 is 1.95 bits per heavy atom.